The number of hydrogen-bond donors (Lipinski definition) is 0. The van der Waals surface area contributed by atoms with E-state index in [1.165, 1.54) is 4.31 Å². The summed E-state index contributed by atoms with van der Waals surface area (Å²) in [5, 5.41) is 4.31. The third-order valence-electron chi connectivity index (χ3n) is 4.85. The van der Waals surface area contributed by atoms with Crippen LogP contribution in [-0.2, 0) is 21.4 Å². The van der Waals surface area contributed by atoms with Crippen LogP contribution in [0.15, 0.2) is 29.2 Å². The first-order valence-corrected chi connectivity index (χ1v) is 11.0. The van der Waals surface area contributed by atoms with E-state index < -0.39 is 10.0 Å². The zero-order valence-corrected chi connectivity index (χ0v) is 17.2. The first-order valence-electron chi connectivity index (χ1n) is 8.86. The van der Waals surface area contributed by atoms with Gasteiger partial charge < -0.3 is 4.90 Å². The van der Waals surface area contributed by atoms with E-state index in [-0.39, 0.29) is 30.4 Å². The summed E-state index contributed by atoms with van der Waals surface area (Å²) < 4.78 is 37.4. The third kappa shape index (κ3) is 3.40. The number of sulfonamides is 1. The van der Waals surface area contributed by atoms with Gasteiger partial charge in [0.25, 0.3) is 0 Å². The van der Waals surface area contributed by atoms with E-state index in [0.717, 1.165) is 23.1 Å². The highest BCUT2D eigenvalue weighted by molar-refractivity contribution is 7.89. The van der Waals surface area contributed by atoms with E-state index >= 15 is 0 Å². The number of hydrogen-bond acceptors (Lipinski definition) is 7. The van der Waals surface area contributed by atoms with Gasteiger partial charge >= 0.3 is 0 Å². The van der Waals surface area contributed by atoms with Gasteiger partial charge in [0.2, 0.25) is 15.9 Å². The molecular weight excluding hydrogens is 400 g/mol. The van der Waals surface area contributed by atoms with Gasteiger partial charge in [0.1, 0.15) is 22.5 Å². The minimum atomic E-state index is -3.69. The maximum Gasteiger partial charge on any atom is 0.245 e. The normalized spacial score (nSPS) is 16.0. The molecule has 4 rings (SSSR count). The summed E-state index contributed by atoms with van der Waals surface area (Å²) in [6.45, 7) is 5.15. The Morgan fingerprint density at radius 1 is 1.14 bits per heavy atom. The molecule has 1 aliphatic rings. The molecule has 3 aromatic rings. The number of nitrogens with zero attached hydrogens (tertiary/aromatic N) is 6. The highest BCUT2D eigenvalue weighted by atomic mass is 32.2. The summed E-state index contributed by atoms with van der Waals surface area (Å²) in [6.07, 6.45) is 0. The number of carbonyl (C=O) groups excluding carboxylic acids is 1. The van der Waals surface area contributed by atoms with Crippen LogP contribution >= 0.6 is 11.7 Å². The fourth-order valence-corrected chi connectivity index (χ4v) is 5.54. The Morgan fingerprint density at radius 2 is 1.89 bits per heavy atom. The lowest BCUT2D eigenvalue weighted by atomic mass is 10.3. The smallest absolute Gasteiger partial charge is 0.245 e. The summed E-state index contributed by atoms with van der Waals surface area (Å²) in [4.78, 5) is 14.4. The van der Waals surface area contributed by atoms with Crippen molar-refractivity contribution in [2.45, 2.75) is 25.3 Å². The molecule has 2 aromatic heterocycles. The fraction of sp³-hybridized carbons (Fsp3) is 0.412. The van der Waals surface area contributed by atoms with E-state index in [1.807, 2.05) is 19.9 Å². The molecule has 148 valence electrons. The van der Waals surface area contributed by atoms with E-state index in [9.17, 15) is 13.2 Å². The molecule has 1 fully saturated rings. The van der Waals surface area contributed by atoms with Crippen molar-refractivity contribution in [3.8, 4) is 0 Å². The second-order valence-corrected chi connectivity index (χ2v) is 9.19. The summed E-state index contributed by atoms with van der Waals surface area (Å²) in [5.41, 5.74) is 2.77. The number of aryl methyl sites for hydroxylation is 2. The van der Waals surface area contributed by atoms with Crippen LogP contribution in [0.4, 0.5) is 0 Å². The first-order chi connectivity index (χ1) is 13.4. The minimum Gasteiger partial charge on any atom is -0.338 e. The largest absolute Gasteiger partial charge is 0.338 e. The second kappa shape index (κ2) is 7.22. The molecule has 9 nitrogen and oxygen atoms in total. The van der Waals surface area contributed by atoms with Gasteiger partial charge in [-0.2, -0.15) is 18.2 Å². The van der Waals surface area contributed by atoms with E-state index in [1.54, 1.807) is 27.8 Å². The van der Waals surface area contributed by atoms with Gasteiger partial charge in [-0.1, -0.05) is 6.07 Å². The zero-order chi connectivity index (χ0) is 19.9. The maximum atomic E-state index is 13.1. The molecule has 11 heteroatoms. The van der Waals surface area contributed by atoms with Crippen LogP contribution < -0.4 is 0 Å². The van der Waals surface area contributed by atoms with Gasteiger partial charge in [-0.25, -0.2) is 8.42 Å². The molecule has 1 aromatic carbocycles. The summed E-state index contributed by atoms with van der Waals surface area (Å²) >= 11 is 0.994. The summed E-state index contributed by atoms with van der Waals surface area (Å²) in [6, 6.07) is 6.89. The van der Waals surface area contributed by atoms with Gasteiger partial charge in [0, 0.05) is 31.9 Å². The predicted octanol–water partition coefficient (Wildman–Crippen LogP) is 1.04. The number of aromatic nitrogens is 4. The zero-order valence-electron chi connectivity index (χ0n) is 15.6. The molecule has 28 heavy (non-hydrogen) atoms. The van der Waals surface area contributed by atoms with Crippen LogP contribution in [0.25, 0.3) is 11.0 Å². The van der Waals surface area contributed by atoms with Crippen LogP contribution in [0.5, 0.6) is 0 Å². The van der Waals surface area contributed by atoms with Gasteiger partial charge in [-0.3, -0.25) is 9.48 Å². The lowest BCUT2D eigenvalue weighted by molar-refractivity contribution is -0.133. The minimum absolute atomic E-state index is 0.0611. The van der Waals surface area contributed by atoms with Gasteiger partial charge in [-0.15, -0.1) is 0 Å². The van der Waals surface area contributed by atoms with Crippen molar-refractivity contribution in [2.75, 3.05) is 26.2 Å². The van der Waals surface area contributed by atoms with E-state index in [0.29, 0.717) is 24.1 Å². The van der Waals surface area contributed by atoms with Gasteiger partial charge in [-0.05, 0) is 32.0 Å². The number of benzene rings is 1. The van der Waals surface area contributed by atoms with E-state index in [4.69, 9.17) is 0 Å². The molecular formula is C17H20N6O3S2. The number of carbonyl (C=O) groups is 1. The number of rotatable bonds is 4. The molecule has 1 saturated heterocycles. The first kappa shape index (κ1) is 19.0. The third-order valence-corrected chi connectivity index (χ3v) is 7.32. The van der Waals surface area contributed by atoms with Gasteiger partial charge in [0.15, 0.2) is 0 Å². The molecule has 0 spiro atoms. The van der Waals surface area contributed by atoms with Crippen molar-refractivity contribution in [2.24, 2.45) is 0 Å². The summed E-state index contributed by atoms with van der Waals surface area (Å²) in [7, 11) is -3.69. The Bertz CT molecular complexity index is 1130. The number of piperazine rings is 1. The standard InChI is InChI=1S/C17H20N6O3S2/c1-12-10-13(2)23(18-12)11-16(24)21-6-8-22(9-7-21)28(25,26)15-5-3-4-14-17(15)20-27-19-14/h3-5,10H,6-9,11H2,1-2H3. The number of amides is 1. The lowest BCUT2D eigenvalue weighted by Gasteiger charge is -2.34. The van der Waals surface area contributed by atoms with Gasteiger partial charge in [0.05, 0.1) is 17.4 Å². The van der Waals surface area contributed by atoms with Crippen molar-refractivity contribution in [1.29, 1.82) is 0 Å². The molecule has 0 unspecified atom stereocenters. The molecule has 1 aliphatic heterocycles. The lowest BCUT2D eigenvalue weighted by Crippen LogP contribution is -2.51. The molecule has 0 radical (unpaired) electrons. The van der Waals surface area contributed by atoms with Crippen molar-refractivity contribution >= 4 is 38.7 Å². The fourth-order valence-electron chi connectivity index (χ4n) is 3.37. The molecule has 1 amide bonds. The monoisotopic (exact) mass is 420 g/mol. The molecule has 0 atom stereocenters. The Hall–Kier alpha value is -2.37. The summed E-state index contributed by atoms with van der Waals surface area (Å²) in [5.74, 6) is -0.0611. The predicted molar refractivity (Wildman–Crippen MR) is 104 cm³/mol. The Morgan fingerprint density at radius 3 is 2.57 bits per heavy atom. The van der Waals surface area contributed by atoms with Crippen LogP contribution in [0.2, 0.25) is 0 Å². The van der Waals surface area contributed by atoms with Crippen LogP contribution in [0.1, 0.15) is 11.4 Å². The molecule has 0 aliphatic carbocycles. The van der Waals surface area contributed by atoms with Crippen molar-refractivity contribution in [3.63, 3.8) is 0 Å². The highest BCUT2D eigenvalue weighted by Gasteiger charge is 2.32. The SMILES string of the molecule is Cc1cc(C)n(CC(=O)N2CCN(S(=O)(=O)c3cccc4nsnc34)CC2)n1. The average Bonchev–Trinajstić information content (AvgIpc) is 3.27. The Balaban J connectivity index is 1.45. The van der Waals surface area contributed by atoms with Crippen molar-refractivity contribution in [3.05, 3.63) is 35.7 Å². The molecule has 3 heterocycles. The molecule has 0 bridgehead atoms. The highest BCUT2D eigenvalue weighted by Crippen LogP contribution is 2.25. The molecule has 0 saturated carbocycles. The average molecular weight is 421 g/mol. The van der Waals surface area contributed by atoms with Crippen LogP contribution in [0, 0.1) is 13.8 Å². The van der Waals surface area contributed by atoms with E-state index in [2.05, 4.69) is 13.8 Å². The molecule has 0 N–H and O–H groups in total. The van der Waals surface area contributed by atoms with Crippen molar-refractivity contribution < 1.29 is 13.2 Å². The number of fused-ring (bicyclic) bond motifs is 1. The van der Waals surface area contributed by atoms with Crippen LogP contribution in [0.3, 0.4) is 0 Å². The topological polar surface area (TPSA) is 101 Å². The quantitative estimate of drug-likeness (QED) is 0.625. The second-order valence-electron chi connectivity index (χ2n) is 6.76. The maximum absolute atomic E-state index is 13.1. The van der Waals surface area contributed by atoms with Crippen molar-refractivity contribution in [1.82, 2.24) is 27.7 Å². The van der Waals surface area contributed by atoms with Crippen LogP contribution in [-0.4, -0.2) is 68.2 Å². The Labute approximate surface area is 166 Å². The Kier molecular flexibility index (Phi) is 4.89.